The Bertz CT molecular complexity index is 1210. The number of aryl methyl sites for hydroxylation is 1. The molecule has 0 fully saturated rings. The number of benzene rings is 2. The number of fused-ring (bicyclic) bond motifs is 1. The highest BCUT2D eigenvalue weighted by Gasteiger charge is 2.34. The van der Waals surface area contributed by atoms with Gasteiger partial charge in [-0.25, -0.2) is 4.68 Å². The molecular formula is C26H31N5O3. The number of carbonyl (C=O) groups is 1. The van der Waals surface area contributed by atoms with Crippen LogP contribution in [0, 0.1) is 12.8 Å². The molecule has 0 aliphatic carbocycles. The first kappa shape index (κ1) is 23.4. The van der Waals surface area contributed by atoms with Crippen LogP contribution < -0.4 is 20.1 Å². The van der Waals surface area contributed by atoms with Crippen molar-refractivity contribution in [1.29, 1.82) is 0 Å². The summed E-state index contributed by atoms with van der Waals surface area (Å²) < 4.78 is 13.3. The van der Waals surface area contributed by atoms with Crippen molar-refractivity contribution in [3.63, 3.8) is 0 Å². The predicted octanol–water partition coefficient (Wildman–Crippen LogP) is 4.95. The topological polar surface area (TPSA) is 90.3 Å². The molecule has 2 heterocycles. The van der Waals surface area contributed by atoms with Gasteiger partial charge in [0.05, 0.1) is 19.3 Å². The Morgan fingerprint density at radius 2 is 2.00 bits per heavy atom. The maximum absolute atomic E-state index is 13.5. The van der Waals surface area contributed by atoms with Crippen molar-refractivity contribution in [2.24, 2.45) is 5.92 Å². The molecule has 2 N–H and O–H groups in total. The van der Waals surface area contributed by atoms with Crippen molar-refractivity contribution < 1.29 is 14.3 Å². The van der Waals surface area contributed by atoms with Crippen molar-refractivity contribution >= 4 is 17.5 Å². The molecule has 1 aliphatic heterocycles. The molecule has 178 valence electrons. The number of nitrogens with one attached hydrogen (secondary N) is 2. The number of methoxy groups -OCH3 is 1. The Kier molecular flexibility index (Phi) is 6.86. The van der Waals surface area contributed by atoms with Crippen molar-refractivity contribution in [3.05, 3.63) is 71.2 Å². The first-order valence-corrected chi connectivity index (χ1v) is 11.4. The van der Waals surface area contributed by atoms with Crippen LogP contribution in [0.1, 0.15) is 44.4 Å². The van der Waals surface area contributed by atoms with Gasteiger partial charge in [-0.15, -0.1) is 0 Å². The second kappa shape index (κ2) is 9.99. The van der Waals surface area contributed by atoms with Crippen LogP contribution in [0.3, 0.4) is 0 Å². The Morgan fingerprint density at radius 3 is 2.74 bits per heavy atom. The SMILES string of the molecule is COc1cc(C2C(C(=O)Nc3cccc(C)c3)=C(C)Nc3ncnn32)ccc1OCCC(C)C. The molecule has 34 heavy (non-hydrogen) atoms. The molecule has 8 nitrogen and oxygen atoms in total. The summed E-state index contributed by atoms with van der Waals surface area (Å²) in [5.74, 6) is 2.20. The zero-order valence-electron chi connectivity index (χ0n) is 20.3. The molecule has 1 aromatic heterocycles. The Morgan fingerprint density at radius 1 is 1.18 bits per heavy atom. The van der Waals surface area contributed by atoms with Crippen molar-refractivity contribution in [3.8, 4) is 11.5 Å². The fourth-order valence-corrected chi connectivity index (χ4v) is 3.99. The number of nitrogens with zero attached hydrogens (tertiary/aromatic N) is 3. The minimum absolute atomic E-state index is 0.210. The van der Waals surface area contributed by atoms with E-state index in [4.69, 9.17) is 9.47 Å². The molecule has 0 saturated heterocycles. The summed E-state index contributed by atoms with van der Waals surface area (Å²) in [4.78, 5) is 17.8. The number of carbonyl (C=O) groups excluding carboxylic acids is 1. The predicted molar refractivity (Wildman–Crippen MR) is 132 cm³/mol. The fourth-order valence-electron chi connectivity index (χ4n) is 3.99. The number of anilines is 2. The number of hydrogen-bond donors (Lipinski definition) is 2. The molecule has 1 amide bonds. The van der Waals surface area contributed by atoms with E-state index in [9.17, 15) is 4.79 Å². The van der Waals surface area contributed by atoms with E-state index in [2.05, 4.69) is 34.6 Å². The summed E-state index contributed by atoms with van der Waals surface area (Å²) >= 11 is 0. The second-order valence-corrected chi connectivity index (χ2v) is 8.86. The molecule has 3 aromatic rings. The van der Waals surface area contributed by atoms with Gasteiger partial charge in [0.1, 0.15) is 12.4 Å². The van der Waals surface area contributed by atoms with Crippen LogP contribution in [-0.2, 0) is 4.79 Å². The minimum atomic E-state index is -0.484. The molecule has 1 unspecified atom stereocenters. The number of hydrogen-bond acceptors (Lipinski definition) is 6. The monoisotopic (exact) mass is 461 g/mol. The van der Waals surface area contributed by atoms with E-state index >= 15 is 0 Å². The van der Waals surface area contributed by atoms with E-state index in [-0.39, 0.29) is 5.91 Å². The van der Waals surface area contributed by atoms with Gasteiger partial charge >= 0.3 is 0 Å². The van der Waals surface area contributed by atoms with Crippen molar-refractivity contribution in [2.45, 2.75) is 40.2 Å². The van der Waals surface area contributed by atoms with E-state index in [1.54, 1.807) is 11.8 Å². The summed E-state index contributed by atoms with van der Waals surface area (Å²) in [6.07, 6.45) is 2.43. The Hall–Kier alpha value is -3.81. The highest BCUT2D eigenvalue weighted by molar-refractivity contribution is 6.06. The van der Waals surface area contributed by atoms with Crippen molar-refractivity contribution in [2.75, 3.05) is 24.4 Å². The van der Waals surface area contributed by atoms with Gasteiger partial charge in [0, 0.05) is 11.4 Å². The molecule has 0 bridgehead atoms. The Balaban J connectivity index is 1.69. The van der Waals surface area contributed by atoms with E-state index < -0.39 is 6.04 Å². The summed E-state index contributed by atoms with van der Waals surface area (Å²) in [7, 11) is 1.62. The lowest BCUT2D eigenvalue weighted by Crippen LogP contribution is -2.31. The highest BCUT2D eigenvalue weighted by atomic mass is 16.5. The normalized spacial score (nSPS) is 15.1. The first-order valence-electron chi connectivity index (χ1n) is 11.4. The zero-order chi connectivity index (χ0) is 24.2. The minimum Gasteiger partial charge on any atom is -0.493 e. The van der Waals surface area contributed by atoms with Crippen LogP contribution >= 0.6 is 0 Å². The average Bonchev–Trinajstić information content (AvgIpc) is 3.26. The third kappa shape index (κ3) is 4.90. The van der Waals surface area contributed by atoms with Crippen LogP contribution in [0.5, 0.6) is 11.5 Å². The van der Waals surface area contributed by atoms with Gasteiger partial charge in [-0.2, -0.15) is 10.1 Å². The maximum atomic E-state index is 13.5. The smallest absolute Gasteiger partial charge is 0.255 e. The molecular weight excluding hydrogens is 430 g/mol. The van der Waals surface area contributed by atoms with Gasteiger partial charge in [0.2, 0.25) is 5.95 Å². The maximum Gasteiger partial charge on any atom is 0.255 e. The standard InChI is InChI=1S/C26H31N5O3/c1-16(2)11-12-34-21-10-9-19(14-22(21)33-5)24-23(18(4)29-26-27-15-28-31(24)26)25(32)30-20-8-6-7-17(3)13-20/h6-10,13-16,24H,11-12H2,1-5H3,(H,30,32)(H,27,28,29). The third-order valence-corrected chi connectivity index (χ3v) is 5.77. The lowest BCUT2D eigenvalue weighted by Gasteiger charge is -2.29. The van der Waals surface area contributed by atoms with Gasteiger partial charge in [0.15, 0.2) is 11.5 Å². The van der Waals surface area contributed by atoms with Gasteiger partial charge in [-0.3, -0.25) is 4.79 Å². The Labute approximate surface area is 200 Å². The summed E-state index contributed by atoms with van der Waals surface area (Å²) in [6.45, 7) is 8.79. The van der Waals surface area contributed by atoms with Crippen LogP contribution in [0.4, 0.5) is 11.6 Å². The number of amides is 1. The summed E-state index contributed by atoms with van der Waals surface area (Å²) in [5.41, 5.74) is 3.91. The van der Waals surface area contributed by atoms with Crippen LogP contribution in [0.25, 0.3) is 0 Å². The average molecular weight is 462 g/mol. The van der Waals surface area contributed by atoms with Crippen LogP contribution in [0.15, 0.2) is 60.1 Å². The fraction of sp³-hybridized carbons (Fsp3) is 0.346. The number of ether oxygens (including phenoxy) is 2. The van der Waals surface area contributed by atoms with E-state index in [1.165, 1.54) is 6.33 Å². The quantitative estimate of drug-likeness (QED) is 0.493. The van der Waals surface area contributed by atoms with Crippen molar-refractivity contribution in [1.82, 2.24) is 14.8 Å². The summed E-state index contributed by atoms with van der Waals surface area (Å²) in [6, 6.07) is 13.0. The van der Waals surface area contributed by atoms with Gasteiger partial charge in [-0.1, -0.05) is 32.0 Å². The second-order valence-electron chi connectivity index (χ2n) is 8.86. The summed E-state index contributed by atoms with van der Waals surface area (Å²) in [5, 5.41) is 10.6. The molecule has 8 heteroatoms. The van der Waals surface area contributed by atoms with Crippen LogP contribution in [-0.4, -0.2) is 34.4 Å². The number of aromatic nitrogens is 3. The van der Waals surface area contributed by atoms with Crippen LogP contribution in [0.2, 0.25) is 0 Å². The first-order chi connectivity index (χ1) is 16.4. The van der Waals surface area contributed by atoms with Gasteiger partial charge in [-0.05, 0) is 61.6 Å². The molecule has 0 spiro atoms. The number of rotatable bonds is 8. The molecule has 2 aromatic carbocycles. The largest absolute Gasteiger partial charge is 0.493 e. The highest BCUT2D eigenvalue weighted by Crippen LogP contribution is 2.39. The van der Waals surface area contributed by atoms with E-state index in [0.717, 1.165) is 23.2 Å². The molecule has 0 saturated carbocycles. The van der Waals surface area contributed by atoms with Gasteiger partial charge in [0.25, 0.3) is 5.91 Å². The van der Waals surface area contributed by atoms with E-state index in [0.29, 0.717) is 41.2 Å². The molecule has 4 rings (SSSR count). The molecule has 1 atom stereocenters. The van der Waals surface area contributed by atoms with E-state index in [1.807, 2.05) is 56.3 Å². The lowest BCUT2D eigenvalue weighted by atomic mass is 9.94. The number of allylic oxidation sites excluding steroid dienone is 1. The molecule has 1 aliphatic rings. The lowest BCUT2D eigenvalue weighted by molar-refractivity contribution is -0.113. The molecule has 0 radical (unpaired) electrons. The van der Waals surface area contributed by atoms with Gasteiger partial charge < -0.3 is 20.1 Å². The third-order valence-electron chi connectivity index (χ3n) is 5.77. The zero-order valence-corrected chi connectivity index (χ0v) is 20.3.